The van der Waals surface area contributed by atoms with Gasteiger partial charge in [0.15, 0.2) is 0 Å². The van der Waals surface area contributed by atoms with Crippen LogP contribution in [0.1, 0.15) is 24.7 Å². The Bertz CT molecular complexity index is 399. The molecule has 0 amide bonds. The maximum atomic E-state index is 5.66. The molecule has 114 valence electrons. The standard InChI is InChI=1S/C14H25N3O3/c1-5-6-15-13-11(2)14(17-12(3)16-13)20-10-9-19-8-7-18-4/h5-10H2,1-4H3,(H,15,16,17). The molecule has 0 aliphatic rings. The third-order valence-corrected chi connectivity index (χ3v) is 2.65. The van der Waals surface area contributed by atoms with Crippen molar-refractivity contribution >= 4 is 5.82 Å². The van der Waals surface area contributed by atoms with Gasteiger partial charge in [0.25, 0.3) is 0 Å². The number of methoxy groups -OCH3 is 1. The van der Waals surface area contributed by atoms with Crippen molar-refractivity contribution in [3.63, 3.8) is 0 Å². The van der Waals surface area contributed by atoms with Gasteiger partial charge in [0, 0.05) is 13.7 Å². The number of nitrogens with zero attached hydrogens (tertiary/aromatic N) is 2. The highest BCUT2D eigenvalue weighted by Gasteiger charge is 2.09. The zero-order valence-corrected chi connectivity index (χ0v) is 12.9. The molecule has 0 spiro atoms. The van der Waals surface area contributed by atoms with Crippen molar-refractivity contribution in [2.45, 2.75) is 27.2 Å². The molecule has 1 N–H and O–H groups in total. The van der Waals surface area contributed by atoms with Crippen LogP contribution >= 0.6 is 0 Å². The van der Waals surface area contributed by atoms with Crippen LogP contribution in [0.15, 0.2) is 0 Å². The molecule has 0 fully saturated rings. The van der Waals surface area contributed by atoms with E-state index in [2.05, 4.69) is 22.2 Å². The zero-order valence-electron chi connectivity index (χ0n) is 12.9. The lowest BCUT2D eigenvalue weighted by molar-refractivity contribution is 0.0535. The second-order valence-electron chi connectivity index (χ2n) is 4.43. The maximum Gasteiger partial charge on any atom is 0.221 e. The van der Waals surface area contributed by atoms with Crippen molar-refractivity contribution in [3.05, 3.63) is 11.4 Å². The van der Waals surface area contributed by atoms with Gasteiger partial charge in [-0.05, 0) is 20.3 Å². The molecule has 1 rings (SSSR count). The number of ether oxygens (including phenoxy) is 3. The molecule has 6 nitrogen and oxygen atoms in total. The lowest BCUT2D eigenvalue weighted by Crippen LogP contribution is -2.13. The van der Waals surface area contributed by atoms with Gasteiger partial charge in [-0.2, -0.15) is 4.98 Å². The Morgan fingerprint density at radius 2 is 1.80 bits per heavy atom. The monoisotopic (exact) mass is 283 g/mol. The molecule has 0 aliphatic carbocycles. The zero-order chi connectivity index (χ0) is 14.8. The second kappa shape index (κ2) is 9.50. The summed E-state index contributed by atoms with van der Waals surface area (Å²) in [6.07, 6.45) is 1.05. The number of anilines is 1. The van der Waals surface area contributed by atoms with Gasteiger partial charge in [-0.25, -0.2) is 4.98 Å². The summed E-state index contributed by atoms with van der Waals surface area (Å²) in [6, 6.07) is 0. The molecule has 0 saturated carbocycles. The number of hydrogen-bond donors (Lipinski definition) is 1. The first-order valence-corrected chi connectivity index (χ1v) is 6.97. The van der Waals surface area contributed by atoms with E-state index in [1.807, 2.05) is 13.8 Å². The van der Waals surface area contributed by atoms with Crippen LogP contribution in [0, 0.1) is 13.8 Å². The lowest BCUT2D eigenvalue weighted by Gasteiger charge is -2.13. The Labute approximate surface area is 120 Å². The summed E-state index contributed by atoms with van der Waals surface area (Å²) >= 11 is 0. The molecule has 0 aromatic carbocycles. The summed E-state index contributed by atoms with van der Waals surface area (Å²) in [5, 5.41) is 3.28. The van der Waals surface area contributed by atoms with Crippen LogP contribution in [0.25, 0.3) is 0 Å². The summed E-state index contributed by atoms with van der Waals surface area (Å²) in [4.78, 5) is 8.71. The van der Waals surface area contributed by atoms with Gasteiger partial charge in [-0.3, -0.25) is 0 Å². The van der Waals surface area contributed by atoms with E-state index in [1.54, 1.807) is 7.11 Å². The first-order chi connectivity index (χ1) is 9.69. The Morgan fingerprint density at radius 3 is 2.50 bits per heavy atom. The molecule has 1 aromatic rings. The maximum absolute atomic E-state index is 5.66. The number of aromatic nitrogens is 2. The van der Waals surface area contributed by atoms with Crippen LogP contribution in [0.2, 0.25) is 0 Å². The fourth-order valence-corrected chi connectivity index (χ4v) is 1.60. The molecule has 0 aliphatic heterocycles. The first-order valence-electron chi connectivity index (χ1n) is 6.97. The van der Waals surface area contributed by atoms with E-state index in [0.717, 1.165) is 24.3 Å². The SMILES string of the molecule is CCCNc1nc(C)nc(OCCOCCOC)c1C. The smallest absolute Gasteiger partial charge is 0.221 e. The van der Waals surface area contributed by atoms with Crippen LogP contribution in [0.5, 0.6) is 5.88 Å². The van der Waals surface area contributed by atoms with Gasteiger partial charge in [-0.15, -0.1) is 0 Å². The third kappa shape index (κ3) is 5.71. The minimum Gasteiger partial charge on any atom is -0.475 e. The van der Waals surface area contributed by atoms with Gasteiger partial charge in [0.1, 0.15) is 18.2 Å². The highest BCUT2D eigenvalue weighted by molar-refractivity contribution is 5.48. The van der Waals surface area contributed by atoms with E-state index in [-0.39, 0.29) is 0 Å². The van der Waals surface area contributed by atoms with Gasteiger partial charge in [0.05, 0.1) is 25.4 Å². The van der Waals surface area contributed by atoms with Crippen molar-refractivity contribution in [1.82, 2.24) is 9.97 Å². The topological polar surface area (TPSA) is 65.5 Å². The highest BCUT2D eigenvalue weighted by Crippen LogP contribution is 2.21. The minimum absolute atomic E-state index is 0.466. The van der Waals surface area contributed by atoms with Crippen LogP contribution in [0.3, 0.4) is 0 Å². The van der Waals surface area contributed by atoms with Crippen molar-refractivity contribution in [2.75, 3.05) is 45.4 Å². The molecule has 0 unspecified atom stereocenters. The molecular weight excluding hydrogens is 258 g/mol. The van der Waals surface area contributed by atoms with Crippen LogP contribution in [-0.4, -0.2) is 50.1 Å². The van der Waals surface area contributed by atoms with E-state index >= 15 is 0 Å². The summed E-state index contributed by atoms with van der Waals surface area (Å²) in [5.74, 6) is 2.16. The Hall–Kier alpha value is -1.40. The Morgan fingerprint density at radius 1 is 1.05 bits per heavy atom. The fraction of sp³-hybridized carbons (Fsp3) is 0.714. The molecule has 1 heterocycles. The van der Waals surface area contributed by atoms with Crippen LogP contribution in [0.4, 0.5) is 5.82 Å². The van der Waals surface area contributed by atoms with Crippen LogP contribution < -0.4 is 10.1 Å². The Balaban J connectivity index is 2.49. The van der Waals surface area contributed by atoms with E-state index in [0.29, 0.717) is 38.1 Å². The minimum atomic E-state index is 0.466. The molecular formula is C14H25N3O3. The quantitative estimate of drug-likeness (QED) is 0.662. The average molecular weight is 283 g/mol. The molecule has 20 heavy (non-hydrogen) atoms. The predicted octanol–water partition coefficient (Wildman–Crippen LogP) is 1.96. The van der Waals surface area contributed by atoms with Gasteiger partial charge < -0.3 is 19.5 Å². The first kappa shape index (κ1) is 16.7. The summed E-state index contributed by atoms with van der Waals surface area (Å²) < 4.78 is 15.9. The molecule has 0 bridgehead atoms. The Kier molecular flexibility index (Phi) is 7.91. The number of rotatable bonds is 10. The molecule has 6 heteroatoms. The average Bonchev–Trinajstić information content (AvgIpc) is 2.44. The molecule has 1 aromatic heterocycles. The summed E-state index contributed by atoms with van der Waals surface area (Å²) in [6.45, 7) is 8.97. The van der Waals surface area contributed by atoms with Crippen molar-refractivity contribution in [2.24, 2.45) is 0 Å². The van der Waals surface area contributed by atoms with Crippen LogP contribution in [-0.2, 0) is 9.47 Å². The normalized spacial score (nSPS) is 10.6. The molecule has 0 saturated heterocycles. The van der Waals surface area contributed by atoms with E-state index < -0.39 is 0 Å². The van der Waals surface area contributed by atoms with Gasteiger partial charge in [0.2, 0.25) is 5.88 Å². The van der Waals surface area contributed by atoms with Crippen molar-refractivity contribution < 1.29 is 14.2 Å². The van der Waals surface area contributed by atoms with Gasteiger partial charge in [-0.1, -0.05) is 6.92 Å². The van der Waals surface area contributed by atoms with Crippen molar-refractivity contribution in [1.29, 1.82) is 0 Å². The summed E-state index contributed by atoms with van der Waals surface area (Å²) in [7, 11) is 1.65. The number of nitrogens with one attached hydrogen (secondary N) is 1. The third-order valence-electron chi connectivity index (χ3n) is 2.65. The van der Waals surface area contributed by atoms with E-state index in [1.165, 1.54) is 0 Å². The number of aryl methyl sites for hydroxylation is 1. The summed E-state index contributed by atoms with van der Waals surface area (Å²) in [5.41, 5.74) is 0.931. The van der Waals surface area contributed by atoms with E-state index in [9.17, 15) is 0 Å². The predicted molar refractivity (Wildman–Crippen MR) is 78.5 cm³/mol. The largest absolute Gasteiger partial charge is 0.475 e. The number of hydrogen-bond acceptors (Lipinski definition) is 6. The second-order valence-corrected chi connectivity index (χ2v) is 4.43. The van der Waals surface area contributed by atoms with E-state index in [4.69, 9.17) is 14.2 Å². The molecule has 0 atom stereocenters. The molecule has 0 radical (unpaired) electrons. The lowest BCUT2D eigenvalue weighted by atomic mass is 10.3. The van der Waals surface area contributed by atoms with Gasteiger partial charge >= 0.3 is 0 Å². The van der Waals surface area contributed by atoms with Crippen molar-refractivity contribution in [3.8, 4) is 5.88 Å². The fourth-order valence-electron chi connectivity index (χ4n) is 1.60. The highest BCUT2D eigenvalue weighted by atomic mass is 16.5.